The van der Waals surface area contributed by atoms with Gasteiger partial charge in [0.2, 0.25) is 5.91 Å². The van der Waals surface area contributed by atoms with Crippen LogP contribution in [0.1, 0.15) is 12.0 Å². The fourth-order valence-corrected chi connectivity index (χ4v) is 3.63. The Morgan fingerprint density at radius 2 is 1.84 bits per heavy atom. The first-order valence-corrected chi connectivity index (χ1v) is 9.23. The van der Waals surface area contributed by atoms with Gasteiger partial charge in [-0.25, -0.2) is 0 Å². The monoisotopic (exact) mass is 347 g/mol. The molecule has 0 aromatic heterocycles. The SMILES string of the molecule is O=C(CO)N1CCN(CC2CN(Cc3ccccc3)CCCO2)CC1. The van der Waals surface area contributed by atoms with Crippen LogP contribution in [0.15, 0.2) is 30.3 Å². The molecule has 0 spiro atoms. The number of hydrogen-bond acceptors (Lipinski definition) is 5. The average molecular weight is 347 g/mol. The lowest BCUT2D eigenvalue weighted by atomic mass is 10.2. The van der Waals surface area contributed by atoms with Gasteiger partial charge in [0.25, 0.3) is 0 Å². The Morgan fingerprint density at radius 1 is 1.08 bits per heavy atom. The molecule has 6 nitrogen and oxygen atoms in total. The fraction of sp³-hybridized carbons (Fsp3) is 0.632. The molecule has 25 heavy (non-hydrogen) atoms. The van der Waals surface area contributed by atoms with Crippen LogP contribution in [-0.2, 0) is 16.1 Å². The number of aliphatic hydroxyl groups excluding tert-OH is 1. The first-order valence-electron chi connectivity index (χ1n) is 9.23. The zero-order chi connectivity index (χ0) is 17.5. The average Bonchev–Trinajstić information content (AvgIpc) is 2.87. The minimum Gasteiger partial charge on any atom is -0.387 e. The quantitative estimate of drug-likeness (QED) is 0.836. The number of carbonyl (C=O) groups is 1. The van der Waals surface area contributed by atoms with E-state index in [0.717, 1.165) is 52.3 Å². The normalized spacial score (nSPS) is 23.4. The van der Waals surface area contributed by atoms with Crippen molar-refractivity contribution in [2.75, 3.05) is 59.0 Å². The van der Waals surface area contributed by atoms with Crippen LogP contribution in [0.5, 0.6) is 0 Å². The molecule has 0 bridgehead atoms. The van der Waals surface area contributed by atoms with Crippen LogP contribution in [0.3, 0.4) is 0 Å². The third-order valence-corrected chi connectivity index (χ3v) is 5.01. The highest BCUT2D eigenvalue weighted by Crippen LogP contribution is 2.13. The molecule has 2 heterocycles. The Kier molecular flexibility index (Phi) is 6.81. The Morgan fingerprint density at radius 3 is 2.56 bits per heavy atom. The standard InChI is InChI=1S/C19H29N3O3/c23-16-19(24)22-10-8-20(9-11-22)14-18-15-21(7-4-12-25-18)13-17-5-2-1-3-6-17/h1-3,5-6,18,23H,4,7-16H2. The van der Waals surface area contributed by atoms with Gasteiger partial charge in [-0.2, -0.15) is 0 Å². The largest absolute Gasteiger partial charge is 0.387 e. The van der Waals surface area contributed by atoms with E-state index in [-0.39, 0.29) is 18.6 Å². The molecule has 2 aliphatic heterocycles. The van der Waals surface area contributed by atoms with Crippen molar-refractivity contribution in [2.45, 2.75) is 19.1 Å². The summed E-state index contributed by atoms with van der Waals surface area (Å²) < 4.78 is 6.07. The van der Waals surface area contributed by atoms with Crippen molar-refractivity contribution in [2.24, 2.45) is 0 Å². The van der Waals surface area contributed by atoms with Gasteiger partial charge >= 0.3 is 0 Å². The summed E-state index contributed by atoms with van der Waals surface area (Å²) in [5, 5.41) is 8.97. The Balaban J connectivity index is 1.48. The molecule has 1 atom stereocenters. The number of ether oxygens (including phenoxy) is 1. The van der Waals surface area contributed by atoms with E-state index in [4.69, 9.17) is 9.84 Å². The number of benzene rings is 1. The second-order valence-electron chi connectivity index (χ2n) is 6.91. The number of nitrogens with zero attached hydrogens (tertiary/aromatic N) is 3. The number of hydrogen-bond donors (Lipinski definition) is 1. The van der Waals surface area contributed by atoms with Gasteiger partial charge in [0.15, 0.2) is 0 Å². The van der Waals surface area contributed by atoms with Crippen LogP contribution in [0.25, 0.3) is 0 Å². The van der Waals surface area contributed by atoms with Crippen LogP contribution < -0.4 is 0 Å². The molecule has 1 aromatic carbocycles. The molecule has 138 valence electrons. The van der Waals surface area contributed by atoms with Gasteiger partial charge in [-0.1, -0.05) is 30.3 Å². The van der Waals surface area contributed by atoms with Crippen LogP contribution in [0.4, 0.5) is 0 Å². The molecule has 3 rings (SSSR count). The summed E-state index contributed by atoms with van der Waals surface area (Å²) in [4.78, 5) is 18.2. The molecule has 1 N–H and O–H groups in total. The summed E-state index contributed by atoms with van der Waals surface area (Å²) in [6, 6.07) is 10.6. The van der Waals surface area contributed by atoms with Gasteiger partial charge in [0.05, 0.1) is 6.10 Å². The molecule has 2 aliphatic rings. The zero-order valence-corrected chi connectivity index (χ0v) is 14.8. The molecule has 0 aliphatic carbocycles. The van der Waals surface area contributed by atoms with Crippen LogP contribution in [0, 0.1) is 0 Å². The minimum absolute atomic E-state index is 0.167. The molecule has 1 aromatic rings. The number of aliphatic hydroxyl groups is 1. The topological polar surface area (TPSA) is 56.2 Å². The highest BCUT2D eigenvalue weighted by Gasteiger charge is 2.25. The van der Waals surface area contributed by atoms with E-state index in [9.17, 15) is 4.79 Å². The predicted molar refractivity (Wildman–Crippen MR) is 96.2 cm³/mol. The third-order valence-electron chi connectivity index (χ3n) is 5.01. The van der Waals surface area contributed by atoms with Crippen LogP contribution in [0.2, 0.25) is 0 Å². The van der Waals surface area contributed by atoms with Gasteiger partial charge in [-0.3, -0.25) is 14.6 Å². The summed E-state index contributed by atoms with van der Waals surface area (Å²) in [6.45, 7) is 7.42. The Labute approximate surface area is 150 Å². The van der Waals surface area contributed by atoms with Crippen molar-refractivity contribution in [3.8, 4) is 0 Å². The molecular formula is C19H29N3O3. The van der Waals surface area contributed by atoms with Gasteiger partial charge in [-0.05, 0) is 12.0 Å². The summed E-state index contributed by atoms with van der Waals surface area (Å²) >= 11 is 0. The first kappa shape index (κ1) is 18.3. The van der Waals surface area contributed by atoms with Crippen molar-refractivity contribution >= 4 is 5.91 Å². The Bertz CT molecular complexity index is 532. The smallest absolute Gasteiger partial charge is 0.248 e. The maximum absolute atomic E-state index is 11.6. The minimum atomic E-state index is -0.389. The summed E-state index contributed by atoms with van der Waals surface area (Å²) in [5.74, 6) is -0.167. The zero-order valence-electron chi connectivity index (χ0n) is 14.8. The van der Waals surface area contributed by atoms with E-state index in [1.807, 2.05) is 0 Å². The maximum atomic E-state index is 11.6. The van der Waals surface area contributed by atoms with Gasteiger partial charge in [-0.15, -0.1) is 0 Å². The summed E-state index contributed by atoms with van der Waals surface area (Å²) in [7, 11) is 0. The second kappa shape index (κ2) is 9.29. The van der Waals surface area contributed by atoms with Crippen molar-refractivity contribution in [3.05, 3.63) is 35.9 Å². The van der Waals surface area contributed by atoms with Gasteiger partial charge in [0.1, 0.15) is 6.61 Å². The molecule has 1 unspecified atom stereocenters. The molecular weight excluding hydrogens is 318 g/mol. The van der Waals surface area contributed by atoms with E-state index in [1.165, 1.54) is 5.56 Å². The summed E-state index contributed by atoms with van der Waals surface area (Å²) in [5.41, 5.74) is 1.35. The van der Waals surface area contributed by atoms with Gasteiger partial charge in [0, 0.05) is 59.0 Å². The van der Waals surface area contributed by atoms with Crippen molar-refractivity contribution in [1.29, 1.82) is 0 Å². The van der Waals surface area contributed by atoms with E-state index in [1.54, 1.807) is 4.90 Å². The van der Waals surface area contributed by atoms with Crippen molar-refractivity contribution in [1.82, 2.24) is 14.7 Å². The summed E-state index contributed by atoms with van der Waals surface area (Å²) in [6.07, 6.45) is 1.29. The van der Waals surface area contributed by atoms with E-state index in [0.29, 0.717) is 13.1 Å². The molecule has 1 amide bonds. The fourth-order valence-electron chi connectivity index (χ4n) is 3.63. The van der Waals surface area contributed by atoms with Crippen LogP contribution >= 0.6 is 0 Å². The lowest BCUT2D eigenvalue weighted by Crippen LogP contribution is -2.52. The number of piperazine rings is 1. The molecule has 6 heteroatoms. The predicted octanol–water partition coefficient (Wildman–Crippen LogP) is 0.414. The lowest BCUT2D eigenvalue weighted by Gasteiger charge is -2.36. The van der Waals surface area contributed by atoms with Crippen molar-refractivity contribution < 1.29 is 14.6 Å². The van der Waals surface area contributed by atoms with E-state index in [2.05, 4.69) is 40.1 Å². The number of amides is 1. The van der Waals surface area contributed by atoms with Crippen LogP contribution in [-0.4, -0.2) is 90.8 Å². The van der Waals surface area contributed by atoms with Crippen molar-refractivity contribution in [3.63, 3.8) is 0 Å². The molecule has 0 radical (unpaired) electrons. The van der Waals surface area contributed by atoms with E-state index < -0.39 is 0 Å². The van der Waals surface area contributed by atoms with E-state index >= 15 is 0 Å². The molecule has 0 saturated carbocycles. The second-order valence-corrected chi connectivity index (χ2v) is 6.91. The Hall–Kier alpha value is -1.47. The highest BCUT2D eigenvalue weighted by molar-refractivity contribution is 5.77. The highest BCUT2D eigenvalue weighted by atomic mass is 16.5. The van der Waals surface area contributed by atoms with Gasteiger partial charge < -0.3 is 14.7 Å². The lowest BCUT2D eigenvalue weighted by molar-refractivity contribution is -0.136. The first-order chi connectivity index (χ1) is 12.2. The molecule has 2 fully saturated rings. The maximum Gasteiger partial charge on any atom is 0.248 e. The third kappa shape index (κ3) is 5.51. The number of rotatable bonds is 5. The number of carbonyl (C=O) groups excluding carboxylic acids is 1. The molecule has 2 saturated heterocycles.